The minimum Gasteiger partial charge on any atom is -0.298 e. The smallest absolute Gasteiger partial charge is 0.0269 e. The summed E-state index contributed by atoms with van der Waals surface area (Å²) in [6, 6.07) is 0. The molecule has 0 unspecified atom stereocenters. The van der Waals surface area contributed by atoms with E-state index in [1.165, 1.54) is 12.1 Å². The van der Waals surface area contributed by atoms with Crippen LogP contribution in [0.2, 0.25) is 0 Å². The van der Waals surface area contributed by atoms with Gasteiger partial charge in [0, 0.05) is 21.1 Å². The first-order valence-electron chi connectivity index (χ1n) is 4.26. The van der Waals surface area contributed by atoms with Crippen LogP contribution in [0.15, 0.2) is 11.3 Å². The second-order valence-corrected chi connectivity index (χ2v) is 3.63. The SMILES string of the molecule is F.[CH]=C=C1CCN(CC(C)C)C1.[H]. The molecule has 0 aromatic carbocycles. The Balaban J connectivity index is 0. The summed E-state index contributed by atoms with van der Waals surface area (Å²) in [6.45, 7) is 13.2. The molecule has 0 saturated carbocycles. The van der Waals surface area contributed by atoms with Crippen molar-refractivity contribution in [3.63, 3.8) is 0 Å². The van der Waals surface area contributed by atoms with Gasteiger partial charge in [-0.15, -0.1) is 5.73 Å². The quantitative estimate of drug-likeness (QED) is 0.575. The van der Waals surface area contributed by atoms with E-state index in [-0.39, 0.29) is 6.13 Å². The molecule has 0 aromatic heterocycles. The Morgan fingerprint density at radius 1 is 1.67 bits per heavy atom. The van der Waals surface area contributed by atoms with E-state index in [1.54, 1.807) is 0 Å². The van der Waals surface area contributed by atoms with Crippen molar-refractivity contribution in [3.05, 3.63) is 17.9 Å². The minimum absolute atomic E-state index is 0. The fourth-order valence-electron chi connectivity index (χ4n) is 1.51. The molecule has 1 nitrogen and oxygen atoms in total. The Labute approximate surface area is 75.6 Å². The summed E-state index contributed by atoms with van der Waals surface area (Å²) in [4.78, 5) is 2.43. The lowest BCUT2D eigenvalue weighted by Gasteiger charge is -2.16. The number of likely N-dealkylation sites (tertiary alicyclic amines) is 1. The molecule has 0 bridgehead atoms. The Morgan fingerprint density at radius 3 is 2.75 bits per heavy atom. The van der Waals surface area contributed by atoms with Crippen molar-refractivity contribution in [1.82, 2.24) is 4.90 Å². The summed E-state index contributed by atoms with van der Waals surface area (Å²) in [6.07, 6.45) is 1.11. The van der Waals surface area contributed by atoms with Gasteiger partial charge in [0.15, 0.2) is 0 Å². The fourth-order valence-corrected chi connectivity index (χ4v) is 1.51. The summed E-state index contributed by atoms with van der Waals surface area (Å²) >= 11 is 0. The predicted molar refractivity (Wildman–Crippen MR) is 50.8 cm³/mol. The molecular formula is C10H18FN. The normalized spacial score (nSPS) is 17.8. The van der Waals surface area contributed by atoms with E-state index in [4.69, 9.17) is 6.58 Å². The zero-order chi connectivity index (χ0) is 8.27. The highest BCUT2D eigenvalue weighted by molar-refractivity contribution is 5.06. The van der Waals surface area contributed by atoms with E-state index in [0.717, 1.165) is 25.4 Å². The number of hydrogen-bond donors (Lipinski definition) is 0. The summed E-state index contributed by atoms with van der Waals surface area (Å²) in [5.74, 6) is 0.757. The Kier molecular flexibility index (Phi) is 4.87. The lowest BCUT2D eigenvalue weighted by molar-refractivity contribution is 0.303. The lowest BCUT2D eigenvalue weighted by atomic mass is 10.2. The van der Waals surface area contributed by atoms with Crippen LogP contribution in [0, 0.1) is 12.5 Å². The molecule has 1 aliphatic heterocycles. The van der Waals surface area contributed by atoms with Gasteiger partial charge in [0.25, 0.3) is 0 Å². The standard InChI is InChI=1S/C10H16N.FH.H/c1-4-10-5-6-11(8-10)7-9(2)3;;/h1,9H,5-8H2,2-3H3;1H;. The highest BCUT2D eigenvalue weighted by Gasteiger charge is 2.15. The first-order valence-corrected chi connectivity index (χ1v) is 4.26. The molecule has 1 saturated heterocycles. The molecule has 1 aliphatic rings. The van der Waals surface area contributed by atoms with Gasteiger partial charge in [-0.05, 0) is 24.5 Å². The minimum atomic E-state index is 0. The molecule has 0 atom stereocenters. The maximum atomic E-state index is 5.31. The van der Waals surface area contributed by atoms with Crippen molar-refractivity contribution in [3.8, 4) is 0 Å². The van der Waals surface area contributed by atoms with E-state index < -0.39 is 0 Å². The van der Waals surface area contributed by atoms with Gasteiger partial charge in [-0.2, -0.15) is 0 Å². The fraction of sp³-hybridized carbons (Fsp3) is 0.700. The molecule has 0 aromatic rings. The zero-order valence-electron chi connectivity index (χ0n) is 8.84. The molecule has 1 heterocycles. The van der Waals surface area contributed by atoms with Crippen LogP contribution >= 0.6 is 0 Å². The van der Waals surface area contributed by atoms with Crippen LogP contribution in [-0.4, -0.2) is 24.5 Å². The van der Waals surface area contributed by atoms with Crippen molar-refractivity contribution < 1.29 is 6.13 Å². The van der Waals surface area contributed by atoms with Gasteiger partial charge in [-0.3, -0.25) is 9.60 Å². The van der Waals surface area contributed by atoms with Crippen molar-refractivity contribution in [2.75, 3.05) is 19.6 Å². The molecule has 12 heavy (non-hydrogen) atoms. The van der Waals surface area contributed by atoms with Crippen LogP contribution in [0.3, 0.4) is 0 Å². The van der Waals surface area contributed by atoms with Crippen molar-refractivity contribution in [1.29, 1.82) is 0 Å². The van der Waals surface area contributed by atoms with Gasteiger partial charge in [0.1, 0.15) is 0 Å². The third-order valence-electron chi connectivity index (χ3n) is 1.97. The van der Waals surface area contributed by atoms with Gasteiger partial charge in [0.2, 0.25) is 0 Å². The van der Waals surface area contributed by atoms with Crippen LogP contribution in [0.5, 0.6) is 0 Å². The Hall–Kier alpha value is -0.590. The highest BCUT2D eigenvalue weighted by atomic mass is 19.0. The zero-order valence-corrected chi connectivity index (χ0v) is 7.84. The highest BCUT2D eigenvalue weighted by Crippen LogP contribution is 2.14. The van der Waals surface area contributed by atoms with Crippen LogP contribution in [0.25, 0.3) is 0 Å². The van der Waals surface area contributed by atoms with Crippen LogP contribution < -0.4 is 0 Å². The number of nitrogens with zero attached hydrogens (tertiary/aromatic N) is 1. The predicted octanol–water partition coefficient (Wildman–Crippen LogP) is 2.13. The summed E-state index contributed by atoms with van der Waals surface area (Å²) in [5.41, 5.74) is 4.01. The molecule has 1 fully saturated rings. The topological polar surface area (TPSA) is 3.24 Å². The summed E-state index contributed by atoms with van der Waals surface area (Å²) in [5, 5.41) is 0. The summed E-state index contributed by atoms with van der Waals surface area (Å²) in [7, 11) is 0. The first kappa shape index (κ1) is 11.4. The molecule has 0 aliphatic carbocycles. The van der Waals surface area contributed by atoms with Gasteiger partial charge in [-0.1, -0.05) is 13.8 Å². The third-order valence-corrected chi connectivity index (χ3v) is 1.97. The van der Waals surface area contributed by atoms with E-state index in [9.17, 15) is 0 Å². The largest absolute Gasteiger partial charge is 0.298 e. The Bertz CT molecular complexity index is 185. The van der Waals surface area contributed by atoms with E-state index in [0.29, 0.717) is 0 Å². The van der Waals surface area contributed by atoms with E-state index in [1.807, 2.05) is 0 Å². The van der Waals surface area contributed by atoms with E-state index >= 15 is 0 Å². The van der Waals surface area contributed by atoms with Crippen LogP contribution in [-0.2, 0) is 0 Å². The van der Waals surface area contributed by atoms with E-state index in [2.05, 4.69) is 24.5 Å². The molecular weight excluding hydrogens is 153 g/mol. The van der Waals surface area contributed by atoms with Gasteiger partial charge in [-0.25, -0.2) is 0 Å². The molecule has 0 spiro atoms. The molecule has 2 heteroatoms. The average Bonchev–Trinajstić information content (AvgIpc) is 2.34. The van der Waals surface area contributed by atoms with Gasteiger partial charge in [0.05, 0.1) is 0 Å². The molecule has 0 N–H and O–H groups in total. The second kappa shape index (κ2) is 5.13. The number of halogens is 1. The lowest BCUT2D eigenvalue weighted by Crippen LogP contribution is -2.24. The van der Waals surface area contributed by atoms with Gasteiger partial charge >= 0.3 is 0 Å². The number of rotatable bonds is 2. The number of hydrogen-bond acceptors (Lipinski definition) is 1. The van der Waals surface area contributed by atoms with Gasteiger partial charge < -0.3 is 0 Å². The molecule has 2 radical (unpaired) electrons. The average molecular weight is 171 g/mol. The summed E-state index contributed by atoms with van der Waals surface area (Å²) < 4.78 is 0. The first-order chi connectivity index (χ1) is 5.22. The monoisotopic (exact) mass is 171 g/mol. The van der Waals surface area contributed by atoms with Crippen LogP contribution in [0.1, 0.15) is 21.7 Å². The maximum absolute atomic E-state index is 5.31. The van der Waals surface area contributed by atoms with Crippen molar-refractivity contribution in [2.24, 2.45) is 5.92 Å². The van der Waals surface area contributed by atoms with Crippen molar-refractivity contribution >= 4 is 0 Å². The second-order valence-electron chi connectivity index (χ2n) is 3.63. The molecule has 1 rings (SSSR count). The molecule has 70 valence electrons. The third kappa shape index (κ3) is 3.21. The van der Waals surface area contributed by atoms with Crippen molar-refractivity contribution in [2.45, 2.75) is 20.3 Å². The molecule has 0 amide bonds. The van der Waals surface area contributed by atoms with Crippen LogP contribution in [0.4, 0.5) is 4.70 Å². The maximum Gasteiger partial charge on any atom is 0.0269 e. The Morgan fingerprint density at radius 2 is 2.33 bits per heavy atom.